The van der Waals surface area contributed by atoms with Crippen LogP contribution in [0.5, 0.6) is 5.75 Å². The molecule has 1 amide bonds. The molecule has 3 rings (SSSR count). The summed E-state index contributed by atoms with van der Waals surface area (Å²) < 4.78 is 11.4. The maximum absolute atomic E-state index is 12.0. The van der Waals surface area contributed by atoms with E-state index < -0.39 is 0 Å². The molecular formula is C27H35NO3. The molecule has 1 aliphatic rings. The van der Waals surface area contributed by atoms with E-state index >= 15 is 0 Å². The summed E-state index contributed by atoms with van der Waals surface area (Å²) in [7, 11) is 1.67. The Hall–Kier alpha value is -2.59. The monoisotopic (exact) mass is 421 g/mol. The summed E-state index contributed by atoms with van der Waals surface area (Å²) in [5.41, 5.74) is 4.23. The minimum absolute atomic E-state index is 0.0185. The minimum Gasteiger partial charge on any atom is -0.497 e. The number of amides is 1. The van der Waals surface area contributed by atoms with Crippen molar-refractivity contribution in [1.29, 1.82) is 0 Å². The molecule has 1 atom stereocenters. The van der Waals surface area contributed by atoms with Gasteiger partial charge in [-0.25, -0.2) is 0 Å². The largest absolute Gasteiger partial charge is 0.497 e. The first-order valence-electron chi connectivity index (χ1n) is 11.1. The fraction of sp³-hybridized carbons (Fsp3) is 0.444. The maximum atomic E-state index is 12.0. The van der Waals surface area contributed by atoms with Gasteiger partial charge in [-0.15, -0.1) is 0 Å². The van der Waals surface area contributed by atoms with Crippen LogP contribution in [0.1, 0.15) is 63.6 Å². The minimum atomic E-state index is -0.235. The summed E-state index contributed by atoms with van der Waals surface area (Å²) in [6.45, 7) is 9.31. The van der Waals surface area contributed by atoms with Crippen LogP contribution in [0.25, 0.3) is 6.08 Å². The summed E-state index contributed by atoms with van der Waals surface area (Å²) in [4.78, 5) is 12.0. The van der Waals surface area contributed by atoms with Crippen molar-refractivity contribution in [2.75, 3.05) is 19.0 Å². The van der Waals surface area contributed by atoms with E-state index in [9.17, 15) is 4.79 Å². The molecule has 166 valence electrons. The van der Waals surface area contributed by atoms with Gasteiger partial charge in [0.05, 0.1) is 19.3 Å². The van der Waals surface area contributed by atoms with Gasteiger partial charge in [0.15, 0.2) is 0 Å². The van der Waals surface area contributed by atoms with Gasteiger partial charge in [0, 0.05) is 12.1 Å². The van der Waals surface area contributed by atoms with E-state index in [2.05, 4.69) is 62.5 Å². The van der Waals surface area contributed by atoms with Crippen molar-refractivity contribution in [2.45, 2.75) is 59.0 Å². The highest BCUT2D eigenvalue weighted by Gasteiger charge is 2.33. The van der Waals surface area contributed by atoms with Gasteiger partial charge < -0.3 is 14.8 Å². The second-order valence-electron chi connectivity index (χ2n) is 9.44. The van der Waals surface area contributed by atoms with Gasteiger partial charge >= 0.3 is 0 Å². The molecule has 1 fully saturated rings. The van der Waals surface area contributed by atoms with Crippen LogP contribution >= 0.6 is 0 Å². The molecule has 0 radical (unpaired) electrons. The standard InChI is InChI=1S/C27H35NO3/c1-6-25(29)28-24-12-9-21(13-14-27(4)16-15-26(2,3)19-31-27)18-22(24)17-20-7-10-23(30-5)11-8-20/h7-14,18H,6,15-17,19H2,1-5H3,(H,28,29). The van der Waals surface area contributed by atoms with Crippen LogP contribution in [0.2, 0.25) is 0 Å². The molecule has 0 saturated carbocycles. The van der Waals surface area contributed by atoms with Gasteiger partial charge in [-0.05, 0) is 72.6 Å². The summed E-state index contributed by atoms with van der Waals surface area (Å²) in [5.74, 6) is 0.855. The number of carbonyl (C=O) groups is 1. The molecule has 1 heterocycles. The van der Waals surface area contributed by atoms with E-state index in [1.165, 1.54) is 5.56 Å². The van der Waals surface area contributed by atoms with Crippen LogP contribution in [-0.2, 0) is 16.0 Å². The van der Waals surface area contributed by atoms with Gasteiger partial charge in [0.25, 0.3) is 0 Å². The molecule has 31 heavy (non-hydrogen) atoms. The van der Waals surface area contributed by atoms with E-state index in [1.54, 1.807) is 7.11 Å². The van der Waals surface area contributed by atoms with E-state index in [-0.39, 0.29) is 16.9 Å². The summed E-state index contributed by atoms with van der Waals surface area (Å²) in [6, 6.07) is 14.3. The Balaban J connectivity index is 1.83. The van der Waals surface area contributed by atoms with Crippen LogP contribution < -0.4 is 10.1 Å². The Morgan fingerprint density at radius 3 is 2.48 bits per heavy atom. The first-order chi connectivity index (χ1) is 14.7. The highest BCUT2D eigenvalue weighted by Crippen LogP contribution is 2.36. The Morgan fingerprint density at radius 1 is 1.13 bits per heavy atom. The van der Waals surface area contributed by atoms with E-state index in [1.807, 2.05) is 25.1 Å². The molecular weight excluding hydrogens is 386 g/mol. The van der Waals surface area contributed by atoms with Gasteiger partial charge in [-0.2, -0.15) is 0 Å². The number of benzene rings is 2. The molecule has 1 saturated heterocycles. The Kier molecular flexibility index (Phi) is 7.22. The predicted octanol–water partition coefficient (Wildman–Crippen LogP) is 6.24. The fourth-order valence-corrected chi connectivity index (χ4v) is 3.68. The maximum Gasteiger partial charge on any atom is 0.224 e. The number of ether oxygens (including phenoxy) is 2. The lowest BCUT2D eigenvalue weighted by molar-refractivity contribution is -0.115. The molecule has 4 heteroatoms. The van der Waals surface area contributed by atoms with Crippen LogP contribution in [0, 0.1) is 5.41 Å². The molecule has 1 aliphatic heterocycles. The first-order valence-corrected chi connectivity index (χ1v) is 11.1. The number of methoxy groups -OCH3 is 1. The smallest absolute Gasteiger partial charge is 0.224 e. The molecule has 1 N–H and O–H groups in total. The van der Waals surface area contributed by atoms with Crippen LogP contribution in [0.3, 0.4) is 0 Å². The Bertz CT molecular complexity index is 918. The Labute approximate surface area is 186 Å². The van der Waals surface area contributed by atoms with Crippen LogP contribution in [0.4, 0.5) is 5.69 Å². The molecule has 1 unspecified atom stereocenters. The zero-order valence-electron chi connectivity index (χ0n) is 19.5. The van der Waals surface area contributed by atoms with Crippen LogP contribution in [0.15, 0.2) is 48.5 Å². The second-order valence-corrected chi connectivity index (χ2v) is 9.44. The quantitative estimate of drug-likeness (QED) is 0.575. The van der Waals surface area contributed by atoms with E-state index in [0.717, 1.165) is 48.4 Å². The second kappa shape index (κ2) is 9.69. The van der Waals surface area contributed by atoms with Crippen molar-refractivity contribution in [3.05, 3.63) is 65.2 Å². The molecule has 0 aromatic heterocycles. The first kappa shape index (κ1) is 23.1. The highest BCUT2D eigenvalue weighted by molar-refractivity contribution is 5.91. The number of carbonyl (C=O) groups excluding carboxylic acids is 1. The van der Waals surface area contributed by atoms with Crippen molar-refractivity contribution in [3.8, 4) is 5.75 Å². The number of anilines is 1. The zero-order chi connectivity index (χ0) is 22.5. The van der Waals surface area contributed by atoms with Gasteiger partial charge in [-0.3, -0.25) is 4.79 Å². The number of rotatable bonds is 7. The molecule has 2 aromatic carbocycles. The van der Waals surface area contributed by atoms with Crippen molar-refractivity contribution < 1.29 is 14.3 Å². The lowest BCUT2D eigenvalue weighted by Gasteiger charge is -2.40. The van der Waals surface area contributed by atoms with Crippen molar-refractivity contribution in [3.63, 3.8) is 0 Å². The van der Waals surface area contributed by atoms with Crippen LogP contribution in [-0.4, -0.2) is 25.2 Å². The molecule has 0 bridgehead atoms. The van der Waals surface area contributed by atoms with Crippen molar-refractivity contribution in [1.82, 2.24) is 0 Å². The highest BCUT2D eigenvalue weighted by atomic mass is 16.5. The third-order valence-electron chi connectivity index (χ3n) is 6.00. The number of hydrogen-bond donors (Lipinski definition) is 1. The van der Waals surface area contributed by atoms with Gasteiger partial charge in [0.2, 0.25) is 5.91 Å². The lowest BCUT2D eigenvalue weighted by atomic mass is 9.81. The SMILES string of the molecule is CCC(=O)Nc1ccc(C=CC2(C)CCC(C)(C)CO2)cc1Cc1ccc(OC)cc1. The lowest BCUT2D eigenvalue weighted by Crippen LogP contribution is -2.38. The topological polar surface area (TPSA) is 47.6 Å². The number of nitrogens with one attached hydrogen (secondary N) is 1. The van der Waals surface area contributed by atoms with Crippen molar-refractivity contribution in [2.24, 2.45) is 5.41 Å². The molecule has 0 aliphatic carbocycles. The molecule has 4 nitrogen and oxygen atoms in total. The third-order valence-corrected chi connectivity index (χ3v) is 6.00. The third kappa shape index (κ3) is 6.44. The average Bonchev–Trinajstić information content (AvgIpc) is 2.77. The Morgan fingerprint density at radius 2 is 1.87 bits per heavy atom. The van der Waals surface area contributed by atoms with Gasteiger partial charge in [0.1, 0.15) is 5.75 Å². The van der Waals surface area contributed by atoms with E-state index in [0.29, 0.717) is 6.42 Å². The summed E-state index contributed by atoms with van der Waals surface area (Å²) in [5, 5.41) is 3.04. The fourth-order valence-electron chi connectivity index (χ4n) is 3.68. The molecule has 2 aromatic rings. The number of hydrogen-bond acceptors (Lipinski definition) is 3. The normalized spacial score (nSPS) is 20.5. The predicted molar refractivity (Wildman–Crippen MR) is 128 cm³/mol. The zero-order valence-corrected chi connectivity index (χ0v) is 19.5. The molecule has 0 spiro atoms. The average molecular weight is 422 g/mol. The van der Waals surface area contributed by atoms with Crippen molar-refractivity contribution >= 4 is 17.7 Å². The van der Waals surface area contributed by atoms with E-state index in [4.69, 9.17) is 9.47 Å². The summed E-state index contributed by atoms with van der Waals surface area (Å²) >= 11 is 0. The summed E-state index contributed by atoms with van der Waals surface area (Å²) in [6.07, 6.45) is 7.67. The van der Waals surface area contributed by atoms with Gasteiger partial charge in [-0.1, -0.05) is 51.1 Å².